The van der Waals surface area contributed by atoms with E-state index in [4.69, 9.17) is 11.5 Å². The van der Waals surface area contributed by atoms with Gasteiger partial charge < -0.3 is 11.5 Å². The Kier molecular flexibility index (Phi) is 2.31. The summed E-state index contributed by atoms with van der Waals surface area (Å²) < 4.78 is 1.28. The largest absolute Gasteiger partial charge is 0.326 e. The maximum Gasteiger partial charge on any atom is 0.0390 e. The molecule has 0 radical (unpaired) electrons. The molecule has 0 saturated heterocycles. The van der Waals surface area contributed by atoms with Gasteiger partial charge in [0.05, 0.1) is 0 Å². The van der Waals surface area contributed by atoms with Crippen molar-refractivity contribution in [3.8, 4) is 0 Å². The highest BCUT2D eigenvalue weighted by Crippen LogP contribution is 2.28. The molecule has 0 bridgehead atoms. The van der Waals surface area contributed by atoms with Gasteiger partial charge in [0.15, 0.2) is 0 Å². The molecule has 0 unspecified atom stereocenters. The molecule has 0 fully saturated rings. The zero-order valence-electron chi connectivity index (χ0n) is 7.29. The third-order valence-corrected chi connectivity index (χ3v) is 3.32. The lowest BCUT2D eigenvalue weighted by Crippen LogP contribution is -1.97. The highest BCUT2D eigenvalue weighted by molar-refractivity contribution is 7.17. The van der Waals surface area contributed by atoms with Gasteiger partial charge in [-0.15, -0.1) is 11.3 Å². The molecule has 2 rings (SSSR count). The first kappa shape index (κ1) is 8.69. The van der Waals surface area contributed by atoms with Crippen molar-refractivity contribution in [2.45, 2.75) is 13.1 Å². The SMILES string of the molecule is NCc1csc2c(CN)cccc12. The molecule has 13 heavy (non-hydrogen) atoms. The molecule has 1 aromatic carbocycles. The van der Waals surface area contributed by atoms with Crippen molar-refractivity contribution < 1.29 is 0 Å². The second kappa shape index (κ2) is 3.46. The quantitative estimate of drug-likeness (QED) is 0.762. The summed E-state index contributed by atoms with van der Waals surface area (Å²) in [6.45, 7) is 1.20. The van der Waals surface area contributed by atoms with E-state index < -0.39 is 0 Å². The molecule has 0 saturated carbocycles. The number of nitrogens with two attached hydrogens (primary N) is 2. The van der Waals surface area contributed by atoms with Crippen LogP contribution < -0.4 is 11.5 Å². The van der Waals surface area contributed by atoms with Gasteiger partial charge in [-0.05, 0) is 21.9 Å². The van der Waals surface area contributed by atoms with Crippen molar-refractivity contribution in [3.05, 3.63) is 34.7 Å². The summed E-state index contributed by atoms with van der Waals surface area (Å²) in [5.41, 5.74) is 13.7. The van der Waals surface area contributed by atoms with Gasteiger partial charge in [-0.3, -0.25) is 0 Å². The van der Waals surface area contributed by atoms with E-state index in [1.165, 1.54) is 21.2 Å². The minimum absolute atomic E-state index is 0.599. The molecular weight excluding hydrogens is 180 g/mol. The number of hydrogen-bond acceptors (Lipinski definition) is 3. The van der Waals surface area contributed by atoms with Crippen LogP contribution in [0.4, 0.5) is 0 Å². The Hall–Kier alpha value is -0.900. The lowest BCUT2D eigenvalue weighted by Gasteiger charge is -1.99. The minimum atomic E-state index is 0.599. The first-order valence-corrected chi connectivity index (χ1v) is 5.13. The van der Waals surface area contributed by atoms with Crippen molar-refractivity contribution in [1.29, 1.82) is 0 Å². The molecule has 0 spiro atoms. The Morgan fingerprint density at radius 2 is 1.85 bits per heavy atom. The van der Waals surface area contributed by atoms with Gasteiger partial charge >= 0.3 is 0 Å². The summed E-state index contributed by atoms with van der Waals surface area (Å²) in [4.78, 5) is 0. The van der Waals surface area contributed by atoms with Crippen LogP contribution in [0.5, 0.6) is 0 Å². The summed E-state index contributed by atoms with van der Waals surface area (Å²) in [5, 5.41) is 3.37. The van der Waals surface area contributed by atoms with E-state index in [2.05, 4.69) is 17.5 Å². The fraction of sp³-hybridized carbons (Fsp3) is 0.200. The van der Waals surface area contributed by atoms with Gasteiger partial charge in [0.1, 0.15) is 0 Å². The summed E-state index contributed by atoms with van der Waals surface area (Å²) in [6.07, 6.45) is 0. The van der Waals surface area contributed by atoms with E-state index in [1.54, 1.807) is 11.3 Å². The van der Waals surface area contributed by atoms with E-state index in [1.807, 2.05) is 6.07 Å². The van der Waals surface area contributed by atoms with Gasteiger partial charge in [-0.25, -0.2) is 0 Å². The number of thiophene rings is 1. The predicted octanol–water partition coefficient (Wildman–Crippen LogP) is 1.82. The van der Waals surface area contributed by atoms with Crippen molar-refractivity contribution >= 4 is 21.4 Å². The van der Waals surface area contributed by atoms with Crippen molar-refractivity contribution in [1.82, 2.24) is 0 Å². The monoisotopic (exact) mass is 192 g/mol. The smallest absolute Gasteiger partial charge is 0.0390 e. The van der Waals surface area contributed by atoms with Crippen LogP contribution in [0.25, 0.3) is 10.1 Å². The molecule has 0 amide bonds. The molecule has 2 nitrogen and oxygen atoms in total. The Morgan fingerprint density at radius 3 is 2.54 bits per heavy atom. The molecule has 68 valence electrons. The van der Waals surface area contributed by atoms with Gasteiger partial charge in [-0.2, -0.15) is 0 Å². The maximum atomic E-state index is 5.64. The van der Waals surface area contributed by atoms with Crippen LogP contribution in [-0.2, 0) is 13.1 Å². The van der Waals surface area contributed by atoms with E-state index >= 15 is 0 Å². The molecule has 0 aliphatic heterocycles. The molecule has 0 aliphatic carbocycles. The lowest BCUT2D eigenvalue weighted by molar-refractivity contribution is 1.08. The highest BCUT2D eigenvalue weighted by atomic mass is 32.1. The second-order valence-corrected chi connectivity index (χ2v) is 3.84. The third-order valence-electron chi connectivity index (χ3n) is 2.20. The topological polar surface area (TPSA) is 52.0 Å². The summed E-state index contributed by atoms with van der Waals surface area (Å²) >= 11 is 1.73. The number of rotatable bonds is 2. The van der Waals surface area contributed by atoms with Crippen LogP contribution in [0.2, 0.25) is 0 Å². The van der Waals surface area contributed by atoms with Gasteiger partial charge in [0, 0.05) is 17.8 Å². The Morgan fingerprint density at radius 1 is 1.08 bits per heavy atom. The summed E-state index contributed by atoms with van der Waals surface area (Å²) in [7, 11) is 0. The van der Waals surface area contributed by atoms with Crippen LogP contribution in [0.15, 0.2) is 23.6 Å². The minimum Gasteiger partial charge on any atom is -0.326 e. The van der Waals surface area contributed by atoms with E-state index in [0.29, 0.717) is 13.1 Å². The lowest BCUT2D eigenvalue weighted by atomic mass is 10.1. The first-order valence-electron chi connectivity index (χ1n) is 4.25. The van der Waals surface area contributed by atoms with Crippen molar-refractivity contribution in [2.75, 3.05) is 0 Å². The van der Waals surface area contributed by atoms with Crippen LogP contribution in [0, 0.1) is 0 Å². The average molecular weight is 192 g/mol. The highest BCUT2D eigenvalue weighted by Gasteiger charge is 2.04. The third kappa shape index (κ3) is 1.35. The standard InChI is InChI=1S/C10H12N2S/c11-4-7-2-1-3-9-8(5-12)6-13-10(7)9/h1-3,6H,4-5,11-12H2. The summed E-state index contributed by atoms with van der Waals surface area (Å²) in [6, 6.07) is 6.21. The first-order chi connectivity index (χ1) is 6.36. The van der Waals surface area contributed by atoms with E-state index in [0.717, 1.165) is 0 Å². The van der Waals surface area contributed by atoms with Crippen molar-refractivity contribution in [3.63, 3.8) is 0 Å². The van der Waals surface area contributed by atoms with Gasteiger partial charge in [0.2, 0.25) is 0 Å². The number of benzene rings is 1. The van der Waals surface area contributed by atoms with Crippen LogP contribution in [0.1, 0.15) is 11.1 Å². The summed E-state index contributed by atoms with van der Waals surface area (Å²) in [5.74, 6) is 0. The van der Waals surface area contributed by atoms with Crippen LogP contribution in [0.3, 0.4) is 0 Å². The van der Waals surface area contributed by atoms with E-state index in [-0.39, 0.29) is 0 Å². The maximum absolute atomic E-state index is 5.64. The molecular formula is C10H12N2S. The average Bonchev–Trinajstić information content (AvgIpc) is 2.60. The molecule has 3 heteroatoms. The van der Waals surface area contributed by atoms with Crippen LogP contribution in [-0.4, -0.2) is 0 Å². The van der Waals surface area contributed by atoms with Gasteiger partial charge in [-0.1, -0.05) is 18.2 Å². The zero-order chi connectivity index (χ0) is 9.26. The molecule has 4 N–H and O–H groups in total. The molecule has 0 atom stereocenters. The molecule has 2 aromatic rings. The fourth-order valence-corrected chi connectivity index (χ4v) is 2.60. The number of hydrogen-bond donors (Lipinski definition) is 2. The Balaban J connectivity index is 2.72. The predicted molar refractivity (Wildman–Crippen MR) is 57.6 cm³/mol. The Bertz CT molecular complexity index is 420. The Labute approximate surface area is 81.2 Å². The van der Waals surface area contributed by atoms with Crippen LogP contribution >= 0.6 is 11.3 Å². The zero-order valence-corrected chi connectivity index (χ0v) is 8.10. The normalized spacial score (nSPS) is 10.9. The molecule has 1 heterocycles. The van der Waals surface area contributed by atoms with Crippen molar-refractivity contribution in [2.24, 2.45) is 11.5 Å². The fourth-order valence-electron chi connectivity index (χ4n) is 1.49. The second-order valence-electron chi connectivity index (χ2n) is 2.96. The number of fused-ring (bicyclic) bond motifs is 1. The van der Waals surface area contributed by atoms with E-state index in [9.17, 15) is 0 Å². The molecule has 0 aliphatic rings. The van der Waals surface area contributed by atoms with Gasteiger partial charge in [0.25, 0.3) is 0 Å². The molecule has 1 aromatic heterocycles.